The summed E-state index contributed by atoms with van der Waals surface area (Å²) in [5.74, 6) is -1.03. The molecule has 0 aliphatic carbocycles. The maximum Gasteiger partial charge on any atom is 0.272 e. The Hall–Kier alpha value is -5.92. The highest BCUT2D eigenvalue weighted by Gasteiger charge is 2.23. The molecule has 1 atom stereocenters. The van der Waals surface area contributed by atoms with Gasteiger partial charge in [0.1, 0.15) is 10.9 Å². The Morgan fingerprint density at radius 1 is 0.633 bits per heavy atom. The van der Waals surface area contributed by atoms with Crippen LogP contribution in [-0.4, -0.2) is 17.7 Å². The van der Waals surface area contributed by atoms with Gasteiger partial charge in [0, 0.05) is 21.8 Å². The summed E-state index contributed by atoms with van der Waals surface area (Å²) in [5, 5.41) is 10.3. The van der Waals surface area contributed by atoms with Gasteiger partial charge in [0.15, 0.2) is 0 Å². The third-order valence-electron chi connectivity index (χ3n) is 8.11. The number of hydrogen-bond donors (Lipinski definition) is 3. The fourth-order valence-electron chi connectivity index (χ4n) is 5.38. The topological polar surface area (TPSA) is 87.3 Å². The summed E-state index contributed by atoms with van der Waals surface area (Å²) in [7, 11) is 0. The number of nitrogens with one attached hydrogen (secondary N) is 3. The van der Waals surface area contributed by atoms with Crippen LogP contribution in [0.25, 0.3) is 16.8 Å². The SMILES string of the molecule is Cc1ccc(NC(=O)C(Sc2cccc(NC(=O)/C(=C\c3cccc4ccccc34)NC(=O)c3ccccc3)c2)c2ccccc2)cc1C. The molecule has 1 unspecified atom stereocenters. The summed E-state index contributed by atoms with van der Waals surface area (Å²) in [4.78, 5) is 41.6. The zero-order chi connectivity index (χ0) is 34.2. The maximum atomic E-state index is 13.9. The quantitative estimate of drug-likeness (QED) is 0.101. The summed E-state index contributed by atoms with van der Waals surface area (Å²) in [6.45, 7) is 4.05. The highest BCUT2D eigenvalue weighted by molar-refractivity contribution is 8.00. The van der Waals surface area contributed by atoms with Gasteiger partial charge in [-0.05, 0) is 95.4 Å². The standard InChI is InChI=1S/C42H35N3O3S/c1-28-23-24-35(25-29(28)2)44-42(48)39(31-14-5-3-6-15-31)49-36-21-12-20-34(27-36)43-41(47)38(45-40(46)32-16-7-4-8-17-32)26-33-19-11-18-30-13-9-10-22-37(30)33/h3-27,39H,1-2H3,(H,43,47)(H,44,48)(H,45,46)/b38-26+. The molecule has 7 heteroatoms. The second kappa shape index (κ2) is 15.3. The summed E-state index contributed by atoms with van der Waals surface area (Å²) in [5.41, 5.74) is 5.68. The minimum Gasteiger partial charge on any atom is -0.325 e. The Morgan fingerprint density at radius 2 is 1.31 bits per heavy atom. The van der Waals surface area contributed by atoms with Gasteiger partial charge in [0.2, 0.25) is 5.91 Å². The van der Waals surface area contributed by atoms with E-state index in [1.165, 1.54) is 11.8 Å². The zero-order valence-electron chi connectivity index (χ0n) is 27.1. The fraction of sp³-hybridized carbons (Fsp3) is 0.0714. The van der Waals surface area contributed by atoms with Crippen LogP contribution in [-0.2, 0) is 9.59 Å². The molecule has 6 nitrogen and oxygen atoms in total. The van der Waals surface area contributed by atoms with Crippen LogP contribution in [0.4, 0.5) is 11.4 Å². The molecule has 49 heavy (non-hydrogen) atoms. The Balaban J connectivity index is 1.27. The second-order valence-corrected chi connectivity index (χ2v) is 12.8. The number of fused-ring (bicyclic) bond motifs is 1. The largest absolute Gasteiger partial charge is 0.325 e. The second-order valence-electron chi connectivity index (χ2n) is 11.6. The van der Waals surface area contributed by atoms with Crippen LogP contribution >= 0.6 is 11.8 Å². The number of hydrogen-bond acceptors (Lipinski definition) is 4. The van der Waals surface area contributed by atoms with Crippen LogP contribution in [0.2, 0.25) is 0 Å². The summed E-state index contributed by atoms with van der Waals surface area (Å²) >= 11 is 1.39. The van der Waals surface area contributed by atoms with Crippen molar-refractivity contribution < 1.29 is 14.4 Å². The van der Waals surface area contributed by atoms with Crippen molar-refractivity contribution in [2.24, 2.45) is 0 Å². The third kappa shape index (κ3) is 8.33. The average molecular weight is 662 g/mol. The van der Waals surface area contributed by atoms with Crippen molar-refractivity contribution in [3.8, 4) is 0 Å². The molecule has 3 N–H and O–H groups in total. The molecule has 242 valence electrons. The molecule has 6 aromatic carbocycles. The number of carbonyl (C=O) groups excluding carboxylic acids is 3. The van der Waals surface area contributed by atoms with Crippen molar-refractivity contribution >= 4 is 57.7 Å². The van der Waals surface area contributed by atoms with Crippen LogP contribution in [0.1, 0.15) is 37.9 Å². The van der Waals surface area contributed by atoms with E-state index in [9.17, 15) is 14.4 Å². The first-order chi connectivity index (χ1) is 23.8. The lowest BCUT2D eigenvalue weighted by Crippen LogP contribution is -2.30. The molecule has 6 rings (SSSR count). The number of aryl methyl sites for hydroxylation is 2. The summed E-state index contributed by atoms with van der Waals surface area (Å²) in [6, 6.07) is 45.3. The Labute approximate surface area is 290 Å². The van der Waals surface area contributed by atoms with Gasteiger partial charge in [-0.1, -0.05) is 103 Å². The smallest absolute Gasteiger partial charge is 0.272 e. The van der Waals surface area contributed by atoms with Gasteiger partial charge >= 0.3 is 0 Å². The minimum atomic E-state index is -0.555. The maximum absolute atomic E-state index is 13.9. The zero-order valence-corrected chi connectivity index (χ0v) is 28.0. The van der Waals surface area contributed by atoms with E-state index in [2.05, 4.69) is 16.0 Å². The number of anilines is 2. The van der Waals surface area contributed by atoms with Gasteiger partial charge in [0.25, 0.3) is 11.8 Å². The highest BCUT2D eigenvalue weighted by atomic mass is 32.2. The summed E-state index contributed by atoms with van der Waals surface area (Å²) < 4.78 is 0. The third-order valence-corrected chi connectivity index (χ3v) is 9.36. The molecular formula is C42H35N3O3S. The molecule has 0 spiro atoms. The van der Waals surface area contributed by atoms with Gasteiger partial charge < -0.3 is 16.0 Å². The van der Waals surface area contributed by atoms with Gasteiger partial charge in [-0.25, -0.2) is 0 Å². The lowest BCUT2D eigenvalue weighted by atomic mass is 10.0. The molecule has 0 saturated heterocycles. The van der Waals surface area contributed by atoms with E-state index in [4.69, 9.17) is 0 Å². The first-order valence-corrected chi connectivity index (χ1v) is 16.8. The van der Waals surface area contributed by atoms with Crippen LogP contribution in [0, 0.1) is 13.8 Å². The molecule has 0 radical (unpaired) electrons. The van der Waals surface area contributed by atoms with Crippen molar-refractivity contribution in [1.82, 2.24) is 5.32 Å². The number of thioether (sulfide) groups is 1. The molecule has 3 amide bonds. The number of amides is 3. The summed E-state index contributed by atoms with van der Waals surface area (Å²) in [6.07, 6.45) is 1.69. The predicted octanol–water partition coefficient (Wildman–Crippen LogP) is 9.34. The van der Waals surface area contributed by atoms with E-state index in [0.717, 1.165) is 43.6 Å². The predicted molar refractivity (Wildman–Crippen MR) is 200 cm³/mol. The number of carbonyl (C=O) groups is 3. The highest BCUT2D eigenvalue weighted by Crippen LogP contribution is 2.37. The lowest BCUT2D eigenvalue weighted by Gasteiger charge is -2.18. The van der Waals surface area contributed by atoms with Gasteiger partial charge in [-0.3, -0.25) is 14.4 Å². The average Bonchev–Trinajstić information content (AvgIpc) is 3.13. The van der Waals surface area contributed by atoms with Crippen molar-refractivity contribution in [3.05, 3.63) is 179 Å². The monoisotopic (exact) mass is 661 g/mol. The van der Waals surface area contributed by atoms with E-state index in [-0.39, 0.29) is 11.6 Å². The molecule has 0 heterocycles. The van der Waals surface area contributed by atoms with Crippen LogP contribution in [0.5, 0.6) is 0 Å². The first-order valence-electron chi connectivity index (χ1n) is 15.9. The van der Waals surface area contributed by atoms with Gasteiger partial charge in [-0.15, -0.1) is 11.8 Å². The van der Waals surface area contributed by atoms with Crippen LogP contribution in [0.15, 0.2) is 156 Å². The van der Waals surface area contributed by atoms with Crippen LogP contribution in [0.3, 0.4) is 0 Å². The Kier molecular flexibility index (Phi) is 10.3. The molecule has 0 fully saturated rings. The van der Waals surface area contributed by atoms with Crippen molar-refractivity contribution in [3.63, 3.8) is 0 Å². The van der Waals surface area contributed by atoms with Gasteiger partial charge in [-0.2, -0.15) is 0 Å². The van der Waals surface area contributed by atoms with Crippen molar-refractivity contribution in [2.75, 3.05) is 10.6 Å². The minimum absolute atomic E-state index is 0.0955. The lowest BCUT2D eigenvalue weighted by molar-refractivity contribution is -0.116. The van der Waals surface area contributed by atoms with Crippen molar-refractivity contribution in [2.45, 2.75) is 24.0 Å². The van der Waals surface area contributed by atoms with Crippen molar-refractivity contribution in [1.29, 1.82) is 0 Å². The van der Waals surface area contributed by atoms with Crippen LogP contribution < -0.4 is 16.0 Å². The first kappa shape index (κ1) is 33.0. The van der Waals surface area contributed by atoms with E-state index in [1.807, 2.05) is 129 Å². The Morgan fingerprint density at radius 3 is 2.08 bits per heavy atom. The normalized spacial score (nSPS) is 11.8. The fourth-order valence-corrected chi connectivity index (χ4v) is 6.47. The molecule has 6 aromatic rings. The molecule has 0 saturated carbocycles. The van der Waals surface area contributed by atoms with E-state index < -0.39 is 17.1 Å². The number of benzene rings is 6. The molecule has 0 aromatic heterocycles. The van der Waals surface area contributed by atoms with Gasteiger partial charge in [0.05, 0.1) is 0 Å². The van der Waals surface area contributed by atoms with E-state index in [0.29, 0.717) is 11.3 Å². The van der Waals surface area contributed by atoms with E-state index in [1.54, 1.807) is 36.4 Å². The van der Waals surface area contributed by atoms with E-state index >= 15 is 0 Å². The number of rotatable bonds is 10. The molecular weight excluding hydrogens is 627 g/mol. The molecule has 0 aliphatic heterocycles. The Bertz CT molecular complexity index is 2160. The molecule has 0 aliphatic rings. The molecule has 0 bridgehead atoms.